The highest BCUT2D eigenvalue weighted by Crippen LogP contribution is 2.27. The van der Waals surface area contributed by atoms with Gasteiger partial charge in [-0.15, -0.1) is 0 Å². The van der Waals surface area contributed by atoms with Gasteiger partial charge in [0, 0.05) is 0 Å². The molecular formula is C13H17IO3. The molecule has 0 aliphatic carbocycles. The summed E-state index contributed by atoms with van der Waals surface area (Å²) in [5, 5.41) is 19.4. The van der Waals surface area contributed by atoms with E-state index in [0.29, 0.717) is 5.56 Å². The van der Waals surface area contributed by atoms with Crippen LogP contribution in [0.5, 0.6) is 0 Å². The zero-order valence-electron chi connectivity index (χ0n) is 9.60. The highest BCUT2D eigenvalue weighted by atomic mass is 127. The zero-order chi connectivity index (χ0) is 12.7. The average Bonchev–Trinajstić information content (AvgIpc) is 2.35. The van der Waals surface area contributed by atoms with Gasteiger partial charge in [-0.2, -0.15) is 0 Å². The summed E-state index contributed by atoms with van der Waals surface area (Å²) in [6, 6.07) is 8.61. The molecule has 0 aromatic heterocycles. The highest BCUT2D eigenvalue weighted by molar-refractivity contribution is 14.1. The van der Waals surface area contributed by atoms with Crippen LogP contribution in [0.15, 0.2) is 30.3 Å². The van der Waals surface area contributed by atoms with E-state index in [1.165, 1.54) is 0 Å². The quantitative estimate of drug-likeness (QED) is 0.453. The van der Waals surface area contributed by atoms with Crippen LogP contribution in [0.1, 0.15) is 31.2 Å². The van der Waals surface area contributed by atoms with Gasteiger partial charge in [-0.1, -0.05) is 59.3 Å². The molecule has 0 amide bonds. The first-order chi connectivity index (χ1) is 8.11. The zero-order valence-corrected chi connectivity index (χ0v) is 11.8. The molecule has 0 saturated heterocycles. The first-order valence-electron chi connectivity index (χ1n) is 5.68. The van der Waals surface area contributed by atoms with Gasteiger partial charge in [0.2, 0.25) is 0 Å². The van der Waals surface area contributed by atoms with Crippen molar-refractivity contribution in [3.05, 3.63) is 35.9 Å². The standard InChI is InChI=1S/C13H17IO3/c14-10-6-2-5-9-13(17,12(15)16)11-7-3-1-4-8-11/h1,3-4,7-8,17H,2,5-6,9-10H2,(H,15,16)/t13-/m1/s1. The van der Waals surface area contributed by atoms with E-state index in [9.17, 15) is 15.0 Å². The van der Waals surface area contributed by atoms with E-state index in [2.05, 4.69) is 22.6 Å². The van der Waals surface area contributed by atoms with Gasteiger partial charge in [-0.3, -0.25) is 0 Å². The third-order valence-corrected chi connectivity index (χ3v) is 3.54. The number of carbonyl (C=O) groups is 1. The SMILES string of the molecule is O=C(O)[C@@](O)(CCCCCI)c1ccccc1. The normalized spacial score (nSPS) is 14.2. The first-order valence-corrected chi connectivity index (χ1v) is 7.21. The Labute approximate surface area is 115 Å². The molecule has 0 aliphatic heterocycles. The Hall–Kier alpha value is -0.620. The van der Waals surface area contributed by atoms with Gasteiger partial charge in [0.05, 0.1) is 0 Å². The van der Waals surface area contributed by atoms with Crippen LogP contribution in [0.3, 0.4) is 0 Å². The van der Waals surface area contributed by atoms with E-state index in [-0.39, 0.29) is 6.42 Å². The molecule has 0 spiro atoms. The molecule has 0 fully saturated rings. The molecule has 1 aromatic carbocycles. The predicted octanol–water partition coefficient (Wildman–Crippen LogP) is 2.95. The van der Waals surface area contributed by atoms with Gasteiger partial charge in [-0.05, 0) is 29.3 Å². The lowest BCUT2D eigenvalue weighted by Crippen LogP contribution is -2.35. The van der Waals surface area contributed by atoms with Gasteiger partial charge in [0.1, 0.15) is 0 Å². The number of unbranched alkanes of at least 4 members (excludes halogenated alkanes) is 2. The van der Waals surface area contributed by atoms with Crippen molar-refractivity contribution >= 4 is 28.6 Å². The second-order valence-corrected chi connectivity index (χ2v) is 5.11. The highest BCUT2D eigenvalue weighted by Gasteiger charge is 2.36. The van der Waals surface area contributed by atoms with E-state index in [4.69, 9.17) is 0 Å². The van der Waals surface area contributed by atoms with Crippen LogP contribution in [0.2, 0.25) is 0 Å². The van der Waals surface area contributed by atoms with Crippen molar-refractivity contribution < 1.29 is 15.0 Å². The number of carboxylic acids is 1. The number of alkyl halides is 1. The Morgan fingerprint density at radius 3 is 2.35 bits per heavy atom. The van der Waals surface area contributed by atoms with Crippen LogP contribution < -0.4 is 0 Å². The van der Waals surface area contributed by atoms with E-state index in [1.807, 2.05) is 6.07 Å². The topological polar surface area (TPSA) is 57.5 Å². The van der Waals surface area contributed by atoms with E-state index in [1.54, 1.807) is 24.3 Å². The van der Waals surface area contributed by atoms with Crippen molar-refractivity contribution in [2.24, 2.45) is 0 Å². The fraction of sp³-hybridized carbons (Fsp3) is 0.462. The minimum absolute atomic E-state index is 0.267. The van der Waals surface area contributed by atoms with Crippen LogP contribution in [0.25, 0.3) is 0 Å². The molecule has 1 rings (SSSR count). The smallest absolute Gasteiger partial charge is 0.340 e. The van der Waals surface area contributed by atoms with Gasteiger partial charge < -0.3 is 10.2 Å². The maximum Gasteiger partial charge on any atom is 0.340 e. The summed E-state index contributed by atoms with van der Waals surface area (Å²) in [6.07, 6.45) is 3.00. The summed E-state index contributed by atoms with van der Waals surface area (Å²) in [5.41, 5.74) is -1.28. The predicted molar refractivity (Wildman–Crippen MR) is 75.3 cm³/mol. The summed E-state index contributed by atoms with van der Waals surface area (Å²) in [5.74, 6) is -1.17. The average molecular weight is 348 g/mol. The molecule has 3 nitrogen and oxygen atoms in total. The molecule has 4 heteroatoms. The van der Waals surface area contributed by atoms with E-state index < -0.39 is 11.6 Å². The van der Waals surface area contributed by atoms with Crippen molar-refractivity contribution in [2.75, 3.05) is 4.43 Å². The van der Waals surface area contributed by atoms with Crippen LogP contribution >= 0.6 is 22.6 Å². The van der Waals surface area contributed by atoms with Crippen molar-refractivity contribution in [1.29, 1.82) is 0 Å². The maximum atomic E-state index is 11.2. The molecule has 0 saturated carbocycles. The number of carboxylic acid groups (broad SMARTS) is 1. The largest absolute Gasteiger partial charge is 0.479 e. The molecule has 1 aromatic rings. The molecule has 17 heavy (non-hydrogen) atoms. The molecule has 0 radical (unpaired) electrons. The summed E-state index contributed by atoms with van der Waals surface area (Å²) in [7, 11) is 0. The lowest BCUT2D eigenvalue weighted by molar-refractivity contribution is -0.160. The minimum atomic E-state index is -1.74. The Balaban J connectivity index is 2.73. The lowest BCUT2D eigenvalue weighted by atomic mass is 9.88. The molecular weight excluding hydrogens is 331 g/mol. The number of rotatable bonds is 7. The Bertz CT molecular complexity index is 353. The molecule has 0 aliphatic rings. The van der Waals surface area contributed by atoms with Crippen molar-refractivity contribution in [2.45, 2.75) is 31.3 Å². The summed E-state index contributed by atoms with van der Waals surface area (Å²) < 4.78 is 1.06. The van der Waals surface area contributed by atoms with Crippen LogP contribution in [0, 0.1) is 0 Å². The molecule has 0 bridgehead atoms. The van der Waals surface area contributed by atoms with Crippen molar-refractivity contribution in [3.8, 4) is 0 Å². The lowest BCUT2D eigenvalue weighted by Gasteiger charge is -2.23. The van der Waals surface area contributed by atoms with Gasteiger partial charge in [0.25, 0.3) is 0 Å². The van der Waals surface area contributed by atoms with Gasteiger partial charge in [-0.25, -0.2) is 4.79 Å². The molecule has 94 valence electrons. The number of benzene rings is 1. The van der Waals surface area contributed by atoms with Crippen LogP contribution in [0.4, 0.5) is 0 Å². The molecule has 0 unspecified atom stereocenters. The van der Waals surface area contributed by atoms with E-state index in [0.717, 1.165) is 23.7 Å². The van der Waals surface area contributed by atoms with Gasteiger partial charge >= 0.3 is 5.97 Å². The number of hydrogen-bond acceptors (Lipinski definition) is 2. The third kappa shape index (κ3) is 3.96. The second-order valence-electron chi connectivity index (χ2n) is 4.03. The Morgan fingerprint density at radius 1 is 1.18 bits per heavy atom. The first kappa shape index (κ1) is 14.4. The minimum Gasteiger partial charge on any atom is -0.479 e. The van der Waals surface area contributed by atoms with Crippen LogP contribution in [-0.2, 0) is 10.4 Å². The number of aliphatic carboxylic acids is 1. The number of halogens is 1. The summed E-state index contributed by atoms with van der Waals surface area (Å²) in [6.45, 7) is 0. The summed E-state index contributed by atoms with van der Waals surface area (Å²) in [4.78, 5) is 11.2. The third-order valence-electron chi connectivity index (χ3n) is 2.78. The van der Waals surface area contributed by atoms with Gasteiger partial charge in [0.15, 0.2) is 5.60 Å². The van der Waals surface area contributed by atoms with Crippen molar-refractivity contribution in [1.82, 2.24) is 0 Å². The number of aliphatic hydroxyl groups is 1. The van der Waals surface area contributed by atoms with Crippen LogP contribution in [-0.4, -0.2) is 20.6 Å². The molecule has 0 heterocycles. The Morgan fingerprint density at radius 2 is 1.82 bits per heavy atom. The fourth-order valence-corrected chi connectivity index (χ4v) is 2.28. The maximum absolute atomic E-state index is 11.2. The summed E-state index contributed by atoms with van der Waals surface area (Å²) >= 11 is 2.29. The number of hydrogen-bond donors (Lipinski definition) is 2. The molecule has 2 N–H and O–H groups in total. The fourth-order valence-electron chi connectivity index (χ4n) is 1.74. The van der Waals surface area contributed by atoms with E-state index >= 15 is 0 Å². The monoisotopic (exact) mass is 348 g/mol. The molecule has 1 atom stereocenters. The second kappa shape index (κ2) is 6.96. The van der Waals surface area contributed by atoms with Crippen molar-refractivity contribution in [3.63, 3.8) is 0 Å². The Kier molecular flexibility index (Phi) is 5.91.